The third kappa shape index (κ3) is 3.64. The van der Waals surface area contributed by atoms with E-state index >= 15 is 0 Å². The average molecular weight is 425 g/mol. The Hall–Kier alpha value is -2.63. The fraction of sp³-hybridized carbons (Fsp3) is 0.333. The SMILES string of the molecule is CCN(CC)CCCN1C(=O)c2oc3ccccc3c(=O)c2[C@H]1c1cccc(Cl)c1. The summed E-state index contributed by atoms with van der Waals surface area (Å²) in [6, 6.07) is 13.9. The second-order valence-corrected chi connectivity index (χ2v) is 7.94. The van der Waals surface area contributed by atoms with Crippen LogP contribution in [0.2, 0.25) is 5.02 Å². The number of benzene rings is 2. The predicted molar refractivity (Wildman–Crippen MR) is 119 cm³/mol. The molecule has 3 aromatic rings. The molecule has 0 aliphatic carbocycles. The lowest BCUT2D eigenvalue weighted by atomic mass is 9.98. The molecular formula is C24H25ClN2O3. The van der Waals surface area contributed by atoms with E-state index in [-0.39, 0.29) is 17.1 Å². The maximum Gasteiger partial charge on any atom is 0.290 e. The average Bonchev–Trinajstić information content (AvgIpc) is 3.03. The normalized spacial score (nSPS) is 15.9. The van der Waals surface area contributed by atoms with Gasteiger partial charge < -0.3 is 14.2 Å². The topological polar surface area (TPSA) is 53.8 Å². The molecule has 0 bridgehead atoms. The van der Waals surface area contributed by atoms with Gasteiger partial charge in [0.15, 0.2) is 5.43 Å². The Balaban J connectivity index is 1.79. The number of rotatable bonds is 7. The summed E-state index contributed by atoms with van der Waals surface area (Å²) >= 11 is 6.24. The van der Waals surface area contributed by atoms with Gasteiger partial charge in [0.1, 0.15) is 5.58 Å². The number of amides is 1. The van der Waals surface area contributed by atoms with Crippen LogP contribution in [0.3, 0.4) is 0 Å². The van der Waals surface area contributed by atoms with E-state index < -0.39 is 6.04 Å². The van der Waals surface area contributed by atoms with Crippen molar-refractivity contribution in [2.24, 2.45) is 0 Å². The van der Waals surface area contributed by atoms with Gasteiger partial charge in [-0.1, -0.05) is 49.7 Å². The molecule has 4 rings (SSSR count). The Bertz CT molecular complexity index is 1140. The Morgan fingerprint density at radius 3 is 2.57 bits per heavy atom. The minimum Gasteiger partial charge on any atom is -0.450 e. The molecule has 0 radical (unpaired) electrons. The van der Waals surface area contributed by atoms with Crippen molar-refractivity contribution < 1.29 is 9.21 Å². The molecule has 1 aliphatic rings. The minimum atomic E-state index is -0.497. The molecule has 156 valence electrons. The van der Waals surface area contributed by atoms with Crippen molar-refractivity contribution in [1.29, 1.82) is 0 Å². The molecule has 0 N–H and O–H groups in total. The molecular weight excluding hydrogens is 400 g/mol. The Morgan fingerprint density at radius 1 is 1.07 bits per heavy atom. The maximum atomic E-state index is 13.4. The standard InChI is InChI=1S/C24H25ClN2O3/c1-3-26(4-2)13-8-14-27-21(16-9-7-10-17(25)15-16)20-22(28)18-11-5-6-12-19(18)30-23(20)24(27)29/h5-7,9-12,15,21H,3-4,8,13-14H2,1-2H3/t21-/m1/s1. The number of carbonyl (C=O) groups is 1. The molecule has 0 unspecified atom stereocenters. The lowest BCUT2D eigenvalue weighted by molar-refractivity contribution is 0.0720. The lowest BCUT2D eigenvalue weighted by Gasteiger charge is -2.26. The summed E-state index contributed by atoms with van der Waals surface area (Å²) in [6.45, 7) is 7.61. The van der Waals surface area contributed by atoms with E-state index in [1.54, 1.807) is 35.2 Å². The van der Waals surface area contributed by atoms with Gasteiger partial charge in [-0.3, -0.25) is 9.59 Å². The Kier molecular flexibility index (Phi) is 5.93. The van der Waals surface area contributed by atoms with E-state index in [2.05, 4.69) is 18.7 Å². The van der Waals surface area contributed by atoms with Gasteiger partial charge in [0.05, 0.1) is 17.0 Å². The van der Waals surface area contributed by atoms with Crippen molar-refractivity contribution in [3.8, 4) is 0 Å². The van der Waals surface area contributed by atoms with Crippen LogP contribution < -0.4 is 5.43 Å². The van der Waals surface area contributed by atoms with Gasteiger partial charge in [0, 0.05) is 11.6 Å². The smallest absolute Gasteiger partial charge is 0.290 e. The van der Waals surface area contributed by atoms with Gasteiger partial charge in [-0.15, -0.1) is 0 Å². The van der Waals surface area contributed by atoms with Crippen LogP contribution in [0.4, 0.5) is 0 Å². The summed E-state index contributed by atoms with van der Waals surface area (Å²) in [5.41, 5.74) is 1.50. The summed E-state index contributed by atoms with van der Waals surface area (Å²) in [7, 11) is 0. The highest BCUT2D eigenvalue weighted by atomic mass is 35.5. The van der Waals surface area contributed by atoms with E-state index in [9.17, 15) is 9.59 Å². The van der Waals surface area contributed by atoms with Crippen molar-refractivity contribution in [1.82, 2.24) is 9.80 Å². The van der Waals surface area contributed by atoms with Gasteiger partial charge in [-0.2, -0.15) is 0 Å². The van der Waals surface area contributed by atoms with E-state index in [1.807, 2.05) is 18.2 Å². The molecule has 0 saturated heterocycles. The first-order valence-electron chi connectivity index (χ1n) is 10.4. The van der Waals surface area contributed by atoms with Gasteiger partial charge in [0.2, 0.25) is 5.76 Å². The van der Waals surface area contributed by atoms with Crippen LogP contribution in [0.1, 0.15) is 48.0 Å². The number of nitrogens with zero attached hydrogens (tertiary/aromatic N) is 2. The highest BCUT2D eigenvalue weighted by Crippen LogP contribution is 2.38. The van der Waals surface area contributed by atoms with Crippen LogP contribution in [-0.2, 0) is 0 Å². The molecule has 1 aromatic heterocycles. The van der Waals surface area contributed by atoms with Crippen molar-refractivity contribution in [2.75, 3.05) is 26.2 Å². The van der Waals surface area contributed by atoms with E-state index in [4.69, 9.17) is 16.0 Å². The number of halogens is 1. The zero-order chi connectivity index (χ0) is 21.3. The molecule has 30 heavy (non-hydrogen) atoms. The lowest BCUT2D eigenvalue weighted by Crippen LogP contribution is -2.33. The third-order valence-corrected chi connectivity index (χ3v) is 6.04. The molecule has 6 heteroatoms. The Labute approximate surface area is 180 Å². The summed E-state index contributed by atoms with van der Waals surface area (Å²) in [5.74, 6) is -0.0936. The molecule has 1 amide bonds. The molecule has 0 saturated carbocycles. The van der Waals surface area contributed by atoms with E-state index in [0.717, 1.165) is 31.6 Å². The summed E-state index contributed by atoms with van der Waals surface area (Å²) in [5, 5.41) is 1.06. The fourth-order valence-electron chi connectivity index (χ4n) is 4.23. The quantitative estimate of drug-likeness (QED) is 0.550. The van der Waals surface area contributed by atoms with Crippen LogP contribution in [0.25, 0.3) is 11.0 Å². The van der Waals surface area contributed by atoms with Gasteiger partial charge in [-0.05, 0) is 55.9 Å². The second-order valence-electron chi connectivity index (χ2n) is 7.51. The van der Waals surface area contributed by atoms with E-state index in [1.165, 1.54) is 0 Å². The first-order valence-corrected chi connectivity index (χ1v) is 10.8. The first-order chi connectivity index (χ1) is 14.5. The number of hydrogen-bond donors (Lipinski definition) is 0. The van der Waals surface area contributed by atoms with Gasteiger partial charge >= 0.3 is 0 Å². The molecule has 0 spiro atoms. The fourth-order valence-corrected chi connectivity index (χ4v) is 4.42. The van der Waals surface area contributed by atoms with Crippen molar-refractivity contribution in [3.63, 3.8) is 0 Å². The van der Waals surface area contributed by atoms with Gasteiger partial charge in [0.25, 0.3) is 5.91 Å². The minimum absolute atomic E-state index is 0.145. The molecule has 1 aliphatic heterocycles. The molecule has 1 atom stereocenters. The largest absolute Gasteiger partial charge is 0.450 e. The van der Waals surface area contributed by atoms with Crippen LogP contribution in [0, 0.1) is 0 Å². The number of carbonyl (C=O) groups excluding carboxylic acids is 1. The molecule has 0 fully saturated rings. The summed E-state index contributed by atoms with van der Waals surface area (Å²) < 4.78 is 5.94. The summed E-state index contributed by atoms with van der Waals surface area (Å²) in [4.78, 5) is 30.8. The monoisotopic (exact) mass is 424 g/mol. The zero-order valence-electron chi connectivity index (χ0n) is 17.2. The van der Waals surface area contributed by atoms with Gasteiger partial charge in [-0.25, -0.2) is 0 Å². The first kappa shape index (κ1) is 20.6. The molecule has 5 nitrogen and oxygen atoms in total. The maximum absolute atomic E-state index is 13.4. The van der Waals surface area contributed by atoms with Crippen molar-refractivity contribution >= 4 is 28.5 Å². The Morgan fingerprint density at radius 2 is 1.83 bits per heavy atom. The van der Waals surface area contributed by atoms with Crippen molar-refractivity contribution in [3.05, 3.63) is 80.7 Å². The highest BCUT2D eigenvalue weighted by molar-refractivity contribution is 6.30. The van der Waals surface area contributed by atoms with Crippen LogP contribution >= 0.6 is 11.6 Å². The van der Waals surface area contributed by atoms with E-state index in [0.29, 0.717) is 28.1 Å². The molecule has 2 aromatic carbocycles. The van der Waals surface area contributed by atoms with Crippen LogP contribution in [0.15, 0.2) is 57.7 Å². The number of hydrogen-bond acceptors (Lipinski definition) is 4. The number of para-hydroxylation sites is 1. The third-order valence-electron chi connectivity index (χ3n) is 5.81. The van der Waals surface area contributed by atoms with Crippen molar-refractivity contribution in [2.45, 2.75) is 26.3 Å². The zero-order valence-corrected chi connectivity index (χ0v) is 18.0. The summed E-state index contributed by atoms with van der Waals surface area (Å²) in [6.07, 6.45) is 0.812. The highest BCUT2D eigenvalue weighted by Gasteiger charge is 2.42. The molecule has 2 heterocycles. The van der Waals surface area contributed by atoms with Crippen LogP contribution in [0.5, 0.6) is 0 Å². The number of fused-ring (bicyclic) bond motifs is 2. The second kappa shape index (κ2) is 8.62. The predicted octanol–water partition coefficient (Wildman–Crippen LogP) is 4.72. The van der Waals surface area contributed by atoms with Crippen LogP contribution in [-0.4, -0.2) is 41.9 Å².